The fraction of sp³-hybridized carbons (Fsp3) is 0.290. The van der Waals surface area contributed by atoms with E-state index in [9.17, 15) is 24.3 Å². The van der Waals surface area contributed by atoms with E-state index in [1.165, 1.54) is 12.1 Å². The molecule has 0 aromatic heterocycles. The molecule has 2 saturated heterocycles. The summed E-state index contributed by atoms with van der Waals surface area (Å²) in [4.78, 5) is 57.2. The Balaban J connectivity index is 1.24. The van der Waals surface area contributed by atoms with E-state index in [1.807, 2.05) is 65.6 Å². The number of piperidine rings is 1. The van der Waals surface area contributed by atoms with E-state index in [2.05, 4.69) is 15.5 Å². The first-order valence-electron chi connectivity index (χ1n) is 13.9. The standard InChI is InChI=1S/C31H31Cl2N5O5/c32-23-12-7-13-24(33)26(23)27(39)35-25(28(40)41)18-34-30(43)36-16-14-31(15-17-36)29(42)37(19-21-8-3-1-4-9-21)20-38(31)22-10-5-2-6-11-22/h1-13,25H,14-20H2,(H,34,43)(H,35,39)(H,40,41)/t25-/m0/s1. The van der Waals surface area contributed by atoms with Crippen LogP contribution in [-0.2, 0) is 16.1 Å². The van der Waals surface area contributed by atoms with Crippen molar-refractivity contribution in [1.82, 2.24) is 20.4 Å². The van der Waals surface area contributed by atoms with E-state index in [-0.39, 0.29) is 28.1 Å². The summed E-state index contributed by atoms with van der Waals surface area (Å²) in [6.45, 7) is 1.14. The molecular formula is C31H31Cl2N5O5. The fourth-order valence-corrected chi connectivity index (χ4v) is 6.22. The van der Waals surface area contributed by atoms with Gasteiger partial charge in [0.15, 0.2) is 0 Å². The van der Waals surface area contributed by atoms with E-state index < -0.39 is 29.5 Å². The van der Waals surface area contributed by atoms with Gasteiger partial charge in [-0.05, 0) is 42.7 Å². The van der Waals surface area contributed by atoms with Gasteiger partial charge >= 0.3 is 12.0 Å². The monoisotopic (exact) mass is 623 g/mol. The maximum atomic E-state index is 13.9. The summed E-state index contributed by atoms with van der Waals surface area (Å²) in [7, 11) is 0. The van der Waals surface area contributed by atoms with Crippen LogP contribution in [0.3, 0.4) is 0 Å². The number of anilines is 1. The number of para-hydroxylation sites is 1. The van der Waals surface area contributed by atoms with Gasteiger partial charge in [-0.15, -0.1) is 0 Å². The maximum Gasteiger partial charge on any atom is 0.328 e. The van der Waals surface area contributed by atoms with E-state index in [4.69, 9.17) is 23.2 Å². The van der Waals surface area contributed by atoms with Crippen LogP contribution in [0, 0.1) is 0 Å². The predicted octanol–water partition coefficient (Wildman–Crippen LogP) is 4.23. The van der Waals surface area contributed by atoms with Gasteiger partial charge < -0.3 is 30.4 Å². The number of urea groups is 1. The molecule has 2 aliphatic heterocycles. The quantitative estimate of drug-likeness (QED) is 0.345. The third-order valence-electron chi connectivity index (χ3n) is 7.93. The molecule has 0 saturated carbocycles. The van der Waals surface area contributed by atoms with Gasteiger partial charge in [0.2, 0.25) is 5.91 Å². The number of hydrogen-bond donors (Lipinski definition) is 3. The van der Waals surface area contributed by atoms with Crippen LogP contribution in [0.1, 0.15) is 28.8 Å². The highest BCUT2D eigenvalue weighted by molar-refractivity contribution is 6.39. The summed E-state index contributed by atoms with van der Waals surface area (Å²) in [5.41, 5.74) is 1.12. The van der Waals surface area contributed by atoms with E-state index in [1.54, 1.807) is 11.0 Å². The average molecular weight is 625 g/mol. The second-order valence-electron chi connectivity index (χ2n) is 10.6. The number of carbonyl (C=O) groups is 4. The van der Waals surface area contributed by atoms with Crippen molar-refractivity contribution in [2.75, 3.05) is 31.2 Å². The zero-order valence-corrected chi connectivity index (χ0v) is 24.7. The molecular weight excluding hydrogens is 593 g/mol. The Morgan fingerprint density at radius 3 is 2.09 bits per heavy atom. The Labute approximate surface area is 259 Å². The van der Waals surface area contributed by atoms with Crippen LogP contribution in [-0.4, -0.2) is 76.6 Å². The molecule has 5 rings (SSSR count). The summed E-state index contributed by atoms with van der Waals surface area (Å²) in [5, 5.41) is 14.8. The summed E-state index contributed by atoms with van der Waals surface area (Å²) in [6.07, 6.45) is 0.813. The molecule has 4 amide bonds. The van der Waals surface area contributed by atoms with Crippen LogP contribution >= 0.6 is 23.2 Å². The van der Waals surface area contributed by atoms with Crippen LogP contribution in [0.4, 0.5) is 10.5 Å². The first-order chi connectivity index (χ1) is 20.7. The summed E-state index contributed by atoms with van der Waals surface area (Å²) in [5.74, 6) is -2.08. The van der Waals surface area contributed by atoms with E-state index >= 15 is 0 Å². The van der Waals surface area contributed by atoms with Crippen LogP contribution in [0.5, 0.6) is 0 Å². The Kier molecular flexibility index (Phi) is 9.08. The molecule has 10 nitrogen and oxygen atoms in total. The second-order valence-corrected chi connectivity index (χ2v) is 11.4. The molecule has 3 aromatic carbocycles. The smallest absolute Gasteiger partial charge is 0.328 e. The van der Waals surface area contributed by atoms with E-state index in [0.717, 1.165) is 11.3 Å². The van der Waals surface area contributed by atoms with Gasteiger partial charge in [0.05, 0.1) is 28.8 Å². The molecule has 0 aliphatic carbocycles. The van der Waals surface area contributed by atoms with Crippen molar-refractivity contribution in [1.29, 1.82) is 0 Å². The van der Waals surface area contributed by atoms with Crippen molar-refractivity contribution in [3.05, 3.63) is 100 Å². The molecule has 0 radical (unpaired) electrons. The number of aliphatic carboxylic acids is 1. The molecule has 1 atom stereocenters. The highest BCUT2D eigenvalue weighted by Crippen LogP contribution is 2.40. The minimum absolute atomic E-state index is 0.0205. The van der Waals surface area contributed by atoms with Crippen molar-refractivity contribution in [3.63, 3.8) is 0 Å². The third-order valence-corrected chi connectivity index (χ3v) is 8.56. The average Bonchev–Trinajstić information content (AvgIpc) is 3.26. The minimum atomic E-state index is -1.42. The molecule has 224 valence electrons. The van der Waals surface area contributed by atoms with Crippen molar-refractivity contribution >= 4 is 52.7 Å². The fourth-order valence-electron chi connectivity index (χ4n) is 5.65. The van der Waals surface area contributed by atoms with Crippen LogP contribution in [0.25, 0.3) is 0 Å². The number of likely N-dealkylation sites (tertiary alicyclic amines) is 1. The molecule has 3 aromatic rings. The van der Waals surface area contributed by atoms with Crippen molar-refractivity contribution in [2.45, 2.75) is 31.0 Å². The number of carboxylic acids is 1. The number of nitrogens with one attached hydrogen (secondary N) is 2. The third kappa shape index (κ3) is 6.40. The molecule has 0 bridgehead atoms. The molecule has 3 N–H and O–H groups in total. The van der Waals surface area contributed by atoms with Gasteiger partial charge in [-0.1, -0.05) is 77.8 Å². The van der Waals surface area contributed by atoms with E-state index in [0.29, 0.717) is 39.1 Å². The van der Waals surface area contributed by atoms with Crippen molar-refractivity contribution < 1.29 is 24.3 Å². The first kappa shape index (κ1) is 30.2. The number of nitrogens with zero attached hydrogens (tertiary/aromatic N) is 3. The summed E-state index contributed by atoms with van der Waals surface area (Å²) in [6, 6.07) is 22.2. The number of hydrogen-bond acceptors (Lipinski definition) is 5. The van der Waals surface area contributed by atoms with Crippen LogP contribution in [0.2, 0.25) is 10.0 Å². The SMILES string of the molecule is O=C(N[C@@H](CNC(=O)N1CCC2(CC1)C(=O)N(Cc1ccccc1)CN2c1ccccc1)C(=O)O)c1c(Cl)cccc1Cl. The molecule has 0 unspecified atom stereocenters. The normalized spacial score (nSPS) is 16.7. The van der Waals surface area contributed by atoms with Gasteiger partial charge in [-0.3, -0.25) is 9.59 Å². The minimum Gasteiger partial charge on any atom is -0.480 e. The molecule has 2 aliphatic rings. The number of carboxylic acid groups (broad SMARTS) is 1. The van der Waals surface area contributed by atoms with Gasteiger partial charge in [0.1, 0.15) is 11.6 Å². The lowest BCUT2D eigenvalue weighted by atomic mass is 9.85. The molecule has 2 heterocycles. The Morgan fingerprint density at radius 1 is 0.884 bits per heavy atom. The Hall–Kier alpha value is -4.28. The lowest BCUT2D eigenvalue weighted by Crippen LogP contribution is -2.59. The number of halogens is 2. The lowest BCUT2D eigenvalue weighted by Gasteiger charge is -2.43. The highest BCUT2D eigenvalue weighted by Gasteiger charge is 2.54. The largest absolute Gasteiger partial charge is 0.480 e. The van der Waals surface area contributed by atoms with Crippen LogP contribution in [0.15, 0.2) is 78.9 Å². The van der Waals surface area contributed by atoms with Crippen molar-refractivity contribution in [3.8, 4) is 0 Å². The lowest BCUT2D eigenvalue weighted by molar-refractivity contribution is -0.139. The number of amides is 4. The zero-order valence-electron chi connectivity index (χ0n) is 23.2. The number of benzene rings is 3. The zero-order chi connectivity index (χ0) is 30.6. The molecule has 1 spiro atoms. The second kappa shape index (κ2) is 12.9. The van der Waals surface area contributed by atoms with Crippen molar-refractivity contribution in [2.24, 2.45) is 0 Å². The Bertz CT molecular complexity index is 1480. The topological polar surface area (TPSA) is 122 Å². The van der Waals surface area contributed by atoms with Gasteiger partial charge in [-0.25, -0.2) is 9.59 Å². The maximum absolute atomic E-state index is 13.9. The van der Waals surface area contributed by atoms with Crippen LogP contribution < -0.4 is 15.5 Å². The van der Waals surface area contributed by atoms with Gasteiger partial charge in [-0.2, -0.15) is 0 Å². The van der Waals surface area contributed by atoms with Gasteiger partial charge in [0.25, 0.3) is 5.91 Å². The predicted molar refractivity (Wildman–Crippen MR) is 163 cm³/mol. The summed E-state index contributed by atoms with van der Waals surface area (Å²) < 4.78 is 0. The highest BCUT2D eigenvalue weighted by atomic mass is 35.5. The molecule has 43 heavy (non-hydrogen) atoms. The summed E-state index contributed by atoms with van der Waals surface area (Å²) >= 11 is 12.2. The van der Waals surface area contributed by atoms with Gasteiger partial charge in [0, 0.05) is 25.3 Å². The number of rotatable bonds is 8. The Morgan fingerprint density at radius 2 is 1.49 bits per heavy atom. The molecule has 12 heteroatoms. The molecule has 2 fully saturated rings. The number of carbonyl (C=O) groups excluding carboxylic acids is 3. The first-order valence-corrected chi connectivity index (χ1v) is 14.6.